The summed E-state index contributed by atoms with van der Waals surface area (Å²) < 4.78 is 0.995. The van der Waals surface area contributed by atoms with Crippen molar-refractivity contribution in [2.75, 3.05) is 12.8 Å². The van der Waals surface area contributed by atoms with Gasteiger partial charge in [-0.1, -0.05) is 45.9 Å². The number of amides is 1. The molecule has 0 aliphatic heterocycles. The van der Waals surface area contributed by atoms with Gasteiger partial charge in [-0.3, -0.25) is 4.79 Å². The molecule has 0 unspecified atom stereocenters. The summed E-state index contributed by atoms with van der Waals surface area (Å²) >= 11 is 4.88. The van der Waals surface area contributed by atoms with Gasteiger partial charge in [0.15, 0.2) is 0 Å². The SMILES string of the molecule is Cc1c(C#N)c(SCC(=O)N(C)Cc2ccccc2Br)nc2c1CCC2. The zero-order valence-electron chi connectivity index (χ0n) is 14.9. The lowest BCUT2D eigenvalue weighted by Crippen LogP contribution is -2.28. The van der Waals surface area contributed by atoms with E-state index in [2.05, 4.69) is 27.0 Å². The number of fused-ring (bicyclic) bond motifs is 1. The first kappa shape index (κ1) is 18.9. The first-order valence-electron chi connectivity index (χ1n) is 8.54. The van der Waals surface area contributed by atoms with E-state index in [4.69, 9.17) is 0 Å². The van der Waals surface area contributed by atoms with Crippen LogP contribution in [-0.4, -0.2) is 28.6 Å². The maximum absolute atomic E-state index is 12.5. The third kappa shape index (κ3) is 3.94. The van der Waals surface area contributed by atoms with Crippen LogP contribution in [0.25, 0.3) is 0 Å². The Kier molecular flexibility index (Phi) is 6.00. The number of pyridine rings is 1. The lowest BCUT2D eigenvalue weighted by Gasteiger charge is -2.18. The smallest absolute Gasteiger partial charge is 0.233 e. The third-order valence-corrected chi connectivity index (χ3v) is 6.44. The summed E-state index contributed by atoms with van der Waals surface area (Å²) in [4.78, 5) is 18.9. The number of hydrogen-bond donors (Lipinski definition) is 0. The Balaban J connectivity index is 1.69. The fourth-order valence-electron chi connectivity index (χ4n) is 3.19. The van der Waals surface area contributed by atoms with Gasteiger partial charge < -0.3 is 4.90 Å². The number of hydrogen-bond acceptors (Lipinski definition) is 4. The summed E-state index contributed by atoms with van der Waals surface area (Å²) in [5.41, 5.74) is 5.04. The van der Waals surface area contributed by atoms with Gasteiger partial charge in [-0.15, -0.1) is 0 Å². The van der Waals surface area contributed by atoms with E-state index in [0.29, 0.717) is 17.1 Å². The average molecular weight is 430 g/mol. The first-order chi connectivity index (χ1) is 12.5. The number of aromatic nitrogens is 1. The molecule has 4 nitrogen and oxygen atoms in total. The monoisotopic (exact) mass is 429 g/mol. The van der Waals surface area contributed by atoms with E-state index in [1.165, 1.54) is 17.3 Å². The van der Waals surface area contributed by atoms with Crippen molar-refractivity contribution in [3.63, 3.8) is 0 Å². The Hall–Kier alpha value is -1.84. The van der Waals surface area contributed by atoms with Gasteiger partial charge in [0.2, 0.25) is 5.91 Å². The summed E-state index contributed by atoms with van der Waals surface area (Å²) in [6, 6.07) is 10.2. The van der Waals surface area contributed by atoms with E-state index < -0.39 is 0 Å². The van der Waals surface area contributed by atoms with Crippen LogP contribution in [0.15, 0.2) is 33.8 Å². The molecule has 0 atom stereocenters. The molecule has 1 heterocycles. The van der Waals surface area contributed by atoms with Crippen LogP contribution in [0, 0.1) is 18.3 Å². The van der Waals surface area contributed by atoms with Gasteiger partial charge in [0.25, 0.3) is 0 Å². The lowest BCUT2D eigenvalue weighted by atomic mass is 10.0. The second-order valence-corrected chi connectivity index (χ2v) is 8.26. The number of nitrogens with zero attached hydrogens (tertiary/aromatic N) is 3. The van der Waals surface area contributed by atoms with Gasteiger partial charge in [-0.2, -0.15) is 5.26 Å². The van der Waals surface area contributed by atoms with Crippen molar-refractivity contribution in [1.29, 1.82) is 5.26 Å². The molecular formula is C20H20BrN3OS. The molecule has 1 aromatic carbocycles. The summed E-state index contributed by atoms with van der Waals surface area (Å²) in [5, 5.41) is 10.2. The van der Waals surface area contributed by atoms with E-state index in [1.54, 1.807) is 11.9 Å². The molecular weight excluding hydrogens is 410 g/mol. The summed E-state index contributed by atoms with van der Waals surface area (Å²) in [6.07, 6.45) is 3.06. The van der Waals surface area contributed by atoms with E-state index in [1.807, 2.05) is 31.2 Å². The topological polar surface area (TPSA) is 57.0 Å². The van der Waals surface area contributed by atoms with Gasteiger partial charge in [-0.05, 0) is 48.9 Å². The second-order valence-electron chi connectivity index (χ2n) is 6.44. The molecule has 0 saturated heterocycles. The molecule has 2 aromatic rings. The highest BCUT2D eigenvalue weighted by Crippen LogP contribution is 2.31. The molecule has 0 fully saturated rings. The number of aryl methyl sites for hydroxylation is 1. The molecule has 1 aliphatic rings. The molecule has 0 radical (unpaired) electrons. The molecule has 26 heavy (non-hydrogen) atoms. The van der Waals surface area contributed by atoms with Crippen molar-refractivity contribution in [3.8, 4) is 6.07 Å². The predicted octanol–water partition coefficient (Wildman–Crippen LogP) is 4.26. The van der Waals surface area contributed by atoms with Crippen molar-refractivity contribution in [2.45, 2.75) is 37.8 Å². The fourth-order valence-corrected chi connectivity index (χ4v) is 4.60. The van der Waals surface area contributed by atoms with Crippen LogP contribution >= 0.6 is 27.7 Å². The van der Waals surface area contributed by atoms with Crippen LogP contribution in [0.3, 0.4) is 0 Å². The number of rotatable bonds is 5. The maximum atomic E-state index is 12.5. The molecule has 134 valence electrons. The predicted molar refractivity (Wildman–Crippen MR) is 107 cm³/mol. The molecule has 3 rings (SSSR count). The standard InChI is InChI=1S/C20H20BrN3OS/c1-13-15-7-5-9-18(15)23-20(16(13)10-22)26-12-19(25)24(2)11-14-6-3-4-8-17(14)21/h3-4,6,8H,5,7,9,11-12H2,1-2H3. The van der Waals surface area contributed by atoms with Crippen LogP contribution in [0.5, 0.6) is 0 Å². The quantitative estimate of drug-likeness (QED) is 0.665. The lowest BCUT2D eigenvalue weighted by molar-refractivity contribution is -0.127. The van der Waals surface area contributed by atoms with E-state index in [0.717, 1.165) is 40.6 Å². The number of benzene rings is 1. The largest absolute Gasteiger partial charge is 0.341 e. The van der Waals surface area contributed by atoms with E-state index in [9.17, 15) is 10.1 Å². The van der Waals surface area contributed by atoms with Gasteiger partial charge in [0.05, 0.1) is 11.3 Å². The zero-order valence-corrected chi connectivity index (χ0v) is 17.3. The Morgan fingerprint density at radius 1 is 1.38 bits per heavy atom. The highest BCUT2D eigenvalue weighted by Gasteiger charge is 2.22. The maximum Gasteiger partial charge on any atom is 0.233 e. The van der Waals surface area contributed by atoms with Gasteiger partial charge >= 0.3 is 0 Å². The fraction of sp³-hybridized carbons (Fsp3) is 0.350. The second kappa shape index (κ2) is 8.24. The number of carbonyl (C=O) groups is 1. The first-order valence-corrected chi connectivity index (χ1v) is 10.3. The molecule has 6 heteroatoms. The number of halogens is 1. The van der Waals surface area contributed by atoms with Crippen molar-refractivity contribution < 1.29 is 4.79 Å². The van der Waals surface area contributed by atoms with Crippen molar-refractivity contribution in [2.24, 2.45) is 0 Å². The van der Waals surface area contributed by atoms with Gasteiger partial charge in [0.1, 0.15) is 11.1 Å². The Bertz CT molecular complexity index is 891. The van der Waals surface area contributed by atoms with Gasteiger partial charge in [-0.25, -0.2) is 4.98 Å². The number of nitriles is 1. The van der Waals surface area contributed by atoms with E-state index >= 15 is 0 Å². The van der Waals surface area contributed by atoms with Crippen LogP contribution < -0.4 is 0 Å². The molecule has 1 aliphatic carbocycles. The van der Waals surface area contributed by atoms with Crippen molar-refractivity contribution in [1.82, 2.24) is 9.88 Å². The van der Waals surface area contributed by atoms with E-state index in [-0.39, 0.29) is 11.7 Å². The summed E-state index contributed by atoms with van der Waals surface area (Å²) in [6.45, 7) is 2.54. The molecule has 1 aromatic heterocycles. The molecule has 0 spiro atoms. The minimum atomic E-state index is 0.0228. The minimum absolute atomic E-state index is 0.0228. The molecule has 0 bridgehead atoms. The zero-order chi connectivity index (χ0) is 18.7. The molecule has 0 saturated carbocycles. The summed E-state index contributed by atoms with van der Waals surface area (Å²) in [5.74, 6) is 0.301. The van der Waals surface area contributed by atoms with Crippen LogP contribution in [0.1, 0.15) is 34.4 Å². The molecule has 0 N–H and O–H groups in total. The normalized spacial score (nSPS) is 12.5. The average Bonchev–Trinajstić information content (AvgIpc) is 3.10. The minimum Gasteiger partial charge on any atom is -0.341 e. The number of thioether (sulfide) groups is 1. The molecule has 1 amide bonds. The highest BCUT2D eigenvalue weighted by atomic mass is 79.9. The van der Waals surface area contributed by atoms with Crippen LogP contribution in [0.4, 0.5) is 0 Å². The van der Waals surface area contributed by atoms with Crippen LogP contribution in [0.2, 0.25) is 0 Å². The summed E-state index contributed by atoms with van der Waals surface area (Å²) in [7, 11) is 1.80. The van der Waals surface area contributed by atoms with Crippen molar-refractivity contribution in [3.05, 3.63) is 56.7 Å². The Morgan fingerprint density at radius 2 is 2.15 bits per heavy atom. The van der Waals surface area contributed by atoms with Crippen LogP contribution in [-0.2, 0) is 24.2 Å². The van der Waals surface area contributed by atoms with Crippen molar-refractivity contribution >= 4 is 33.6 Å². The Morgan fingerprint density at radius 3 is 2.88 bits per heavy atom. The van der Waals surface area contributed by atoms with Gasteiger partial charge in [0, 0.05) is 23.8 Å². The number of carbonyl (C=O) groups excluding carboxylic acids is 1. The third-order valence-electron chi connectivity index (χ3n) is 4.70. The Labute approximate surface area is 166 Å². The highest BCUT2D eigenvalue weighted by molar-refractivity contribution is 9.10.